The Bertz CT molecular complexity index is 754. The van der Waals surface area contributed by atoms with Crippen LogP contribution in [0.1, 0.15) is 26.4 Å². The Labute approximate surface area is 138 Å². The van der Waals surface area contributed by atoms with E-state index in [1.807, 2.05) is 0 Å². The van der Waals surface area contributed by atoms with Crippen LogP contribution in [0.3, 0.4) is 0 Å². The van der Waals surface area contributed by atoms with Crippen LogP contribution < -0.4 is 5.73 Å². The van der Waals surface area contributed by atoms with Crippen molar-refractivity contribution in [1.29, 1.82) is 0 Å². The van der Waals surface area contributed by atoms with Crippen LogP contribution in [0.2, 0.25) is 5.02 Å². The van der Waals surface area contributed by atoms with Gasteiger partial charge in [0, 0.05) is 5.56 Å². The topological polar surface area (TPSA) is 64.7 Å². The number of alkyl halides is 3. The lowest BCUT2D eigenvalue weighted by molar-refractivity contribution is -0.137. The molecule has 23 heavy (non-hydrogen) atoms. The number of carbonyl (C=O) groups excluding carboxylic acids is 1. The number of amidine groups is 1. The average Bonchev–Trinajstić information content (AvgIpc) is 2.83. The zero-order valence-electron chi connectivity index (χ0n) is 11.6. The minimum Gasteiger partial charge on any atom is -0.380 e. The van der Waals surface area contributed by atoms with Crippen LogP contribution in [-0.2, 0) is 11.0 Å². The van der Waals surface area contributed by atoms with Crippen LogP contribution in [0.4, 0.5) is 13.2 Å². The van der Waals surface area contributed by atoms with Crippen molar-refractivity contribution in [3.8, 4) is 0 Å². The molecular weight excluding hydrogens is 353 g/mol. The Kier molecular flexibility index (Phi) is 4.96. The van der Waals surface area contributed by atoms with Gasteiger partial charge in [0.05, 0.1) is 10.6 Å². The first-order valence-electron chi connectivity index (χ1n) is 6.16. The second-order valence-electron chi connectivity index (χ2n) is 4.49. The highest BCUT2D eigenvalue weighted by Gasteiger charge is 2.30. The van der Waals surface area contributed by atoms with Crippen molar-refractivity contribution in [3.05, 3.63) is 56.2 Å². The predicted molar refractivity (Wildman–Crippen MR) is 81.6 cm³/mol. The van der Waals surface area contributed by atoms with Crippen LogP contribution in [0.5, 0.6) is 0 Å². The van der Waals surface area contributed by atoms with Gasteiger partial charge >= 0.3 is 12.1 Å². The number of halogens is 4. The Balaban J connectivity index is 2.11. The van der Waals surface area contributed by atoms with Gasteiger partial charge in [0.15, 0.2) is 5.84 Å². The summed E-state index contributed by atoms with van der Waals surface area (Å²) in [5.41, 5.74) is 5.69. The molecule has 0 aliphatic carbocycles. The first kappa shape index (κ1) is 17.3. The molecule has 0 atom stereocenters. The van der Waals surface area contributed by atoms with Gasteiger partial charge in [0.25, 0.3) is 0 Å². The molecule has 2 aromatic rings. The van der Waals surface area contributed by atoms with Crippen LogP contribution in [0.15, 0.2) is 34.8 Å². The fourth-order valence-corrected chi connectivity index (χ4v) is 2.72. The maximum absolute atomic E-state index is 12.5. The minimum atomic E-state index is -4.44. The molecule has 2 rings (SSSR count). The Hall–Kier alpha value is -2.06. The number of rotatable bonds is 3. The maximum Gasteiger partial charge on any atom is 0.416 e. The summed E-state index contributed by atoms with van der Waals surface area (Å²) < 4.78 is 37.4. The summed E-state index contributed by atoms with van der Waals surface area (Å²) in [6, 6.07) is 3.99. The lowest BCUT2D eigenvalue weighted by atomic mass is 10.1. The molecule has 9 heteroatoms. The van der Waals surface area contributed by atoms with Gasteiger partial charge in [0.2, 0.25) is 0 Å². The zero-order valence-corrected chi connectivity index (χ0v) is 13.2. The molecule has 4 nitrogen and oxygen atoms in total. The van der Waals surface area contributed by atoms with Crippen LogP contribution in [0, 0.1) is 6.92 Å². The van der Waals surface area contributed by atoms with Crippen molar-refractivity contribution < 1.29 is 22.8 Å². The third kappa shape index (κ3) is 4.02. The number of carbonyl (C=O) groups is 1. The lowest BCUT2D eigenvalue weighted by Gasteiger charge is -2.07. The number of benzene rings is 1. The van der Waals surface area contributed by atoms with Crippen molar-refractivity contribution in [2.75, 3.05) is 0 Å². The summed E-state index contributed by atoms with van der Waals surface area (Å²) >= 11 is 7.01. The van der Waals surface area contributed by atoms with E-state index in [-0.39, 0.29) is 21.3 Å². The number of hydrogen-bond acceptors (Lipinski definition) is 4. The second kappa shape index (κ2) is 6.59. The molecule has 0 radical (unpaired) electrons. The first-order chi connectivity index (χ1) is 10.7. The van der Waals surface area contributed by atoms with E-state index in [9.17, 15) is 18.0 Å². The van der Waals surface area contributed by atoms with E-state index in [1.165, 1.54) is 0 Å². The van der Waals surface area contributed by atoms with E-state index in [0.29, 0.717) is 0 Å². The Morgan fingerprint density at radius 1 is 1.30 bits per heavy atom. The van der Waals surface area contributed by atoms with Gasteiger partial charge in [-0.05, 0) is 30.0 Å². The van der Waals surface area contributed by atoms with Gasteiger partial charge in [-0.1, -0.05) is 28.9 Å². The molecule has 0 aliphatic rings. The minimum absolute atomic E-state index is 0.174. The summed E-state index contributed by atoms with van der Waals surface area (Å²) in [5.74, 6) is -1.01. The molecule has 122 valence electrons. The molecule has 0 aliphatic heterocycles. The van der Waals surface area contributed by atoms with Crippen molar-refractivity contribution >= 4 is 34.7 Å². The molecule has 0 amide bonds. The quantitative estimate of drug-likeness (QED) is 0.385. The van der Waals surface area contributed by atoms with Gasteiger partial charge in [-0.2, -0.15) is 13.2 Å². The average molecular weight is 363 g/mol. The normalized spacial score (nSPS) is 12.3. The second-order valence-corrected chi connectivity index (χ2v) is 5.75. The molecule has 0 spiro atoms. The number of aryl methyl sites for hydroxylation is 1. The van der Waals surface area contributed by atoms with Gasteiger partial charge in [-0.25, -0.2) is 4.79 Å². The summed E-state index contributed by atoms with van der Waals surface area (Å²) in [6.07, 6.45) is -4.44. The molecule has 0 saturated heterocycles. The standard InChI is InChI=1S/C14H10ClF3N2O2S/c1-7-6-23-11(10(7)15)13(21)22-20-12(19)8-2-4-9(5-3-8)14(16,17)18/h2-6H,1H3,(H2,19,20). The molecule has 1 aromatic heterocycles. The van der Waals surface area contributed by atoms with Crippen LogP contribution in [-0.4, -0.2) is 11.8 Å². The summed E-state index contributed by atoms with van der Waals surface area (Å²) in [5, 5.41) is 5.37. The fraction of sp³-hybridized carbons (Fsp3) is 0.143. The van der Waals surface area contributed by atoms with Crippen LogP contribution in [0.25, 0.3) is 0 Å². The molecule has 0 saturated carbocycles. The third-order valence-corrected chi connectivity index (χ3v) is 4.50. The van der Waals surface area contributed by atoms with Crippen molar-refractivity contribution in [3.63, 3.8) is 0 Å². The summed E-state index contributed by atoms with van der Waals surface area (Å²) in [4.78, 5) is 16.6. The van der Waals surface area contributed by atoms with Crippen molar-refractivity contribution in [1.82, 2.24) is 0 Å². The number of hydrogen-bond donors (Lipinski definition) is 1. The number of nitrogens with zero attached hydrogens (tertiary/aromatic N) is 1. The highest BCUT2D eigenvalue weighted by atomic mass is 35.5. The van der Waals surface area contributed by atoms with E-state index in [2.05, 4.69) is 9.99 Å². The Morgan fingerprint density at radius 3 is 2.39 bits per heavy atom. The third-order valence-electron chi connectivity index (χ3n) is 2.82. The van der Waals surface area contributed by atoms with E-state index in [4.69, 9.17) is 17.3 Å². The fourth-order valence-electron chi connectivity index (χ4n) is 1.58. The monoisotopic (exact) mass is 362 g/mol. The Morgan fingerprint density at radius 2 is 1.91 bits per heavy atom. The smallest absolute Gasteiger partial charge is 0.380 e. The number of oxime groups is 1. The molecule has 2 N–H and O–H groups in total. The van der Waals surface area contributed by atoms with Crippen molar-refractivity contribution in [2.45, 2.75) is 13.1 Å². The summed E-state index contributed by atoms with van der Waals surface area (Å²) in [7, 11) is 0. The van der Waals surface area contributed by atoms with E-state index in [1.54, 1.807) is 12.3 Å². The van der Waals surface area contributed by atoms with E-state index >= 15 is 0 Å². The van der Waals surface area contributed by atoms with Gasteiger partial charge < -0.3 is 10.6 Å². The lowest BCUT2D eigenvalue weighted by Crippen LogP contribution is -2.15. The summed E-state index contributed by atoms with van der Waals surface area (Å²) in [6.45, 7) is 1.73. The van der Waals surface area contributed by atoms with Gasteiger partial charge in [0.1, 0.15) is 4.88 Å². The number of nitrogens with two attached hydrogens (primary N) is 1. The predicted octanol–water partition coefficient (Wildman–Crippen LogP) is 4.21. The van der Waals surface area contributed by atoms with E-state index in [0.717, 1.165) is 41.2 Å². The van der Waals surface area contributed by atoms with Gasteiger partial charge in [-0.3, -0.25) is 0 Å². The SMILES string of the molecule is Cc1csc(C(=O)ON=C(N)c2ccc(C(F)(F)F)cc2)c1Cl. The zero-order chi connectivity index (χ0) is 17.2. The largest absolute Gasteiger partial charge is 0.416 e. The molecule has 0 fully saturated rings. The van der Waals surface area contributed by atoms with E-state index < -0.39 is 17.7 Å². The van der Waals surface area contributed by atoms with Crippen LogP contribution >= 0.6 is 22.9 Å². The molecule has 0 bridgehead atoms. The van der Waals surface area contributed by atoms with Gasteiger partial charge in [-0.15, -0.1) is 11.3 Å². The highest BCUT2D eigenvalue weighted by molar-refractivity contribution is 7.12. The van der Waals surface area contributed by atoms with Crippen molar-refractivity contribution in [2.24, 2.45) is 10.9 Å². The molecule has 1 aromatic carbocycles. The molecule has 1 heterocycles. The highest BCUT2D eigenvalue weighted by Crippen LogP contribution is 2.29. The maximum atomic E-state index is 12.5. The molecular formula is C14H10ClF3N2O2S. The first-order valence-corrected chi connectivity index (χ1v) is 7.42. The molecule has 0 unspecified atom stereocenters. The number of thiophene rings is 1.